The van der Waals surface area contributed by atoms with Crippen LogP contribution in [0.2, 0.25) is 0 Å². The van der Waals surface area contributed by atoms with E-state index in [-0.39, 0.29) is 12.2 Å². The first kappa shape index (κ1) is 16.8. The van der Waals surface area contributed by atoms with Crippen molar-refractivity contribution in [3.63, 3.8) is 0 Å². The molecule has 0 fully saturated rings. The summed E-state index contributed by atoms with van der Waals surface area (Å²) in [6.07, 6.45) is 1.40. The lowest BCUT2D eigenvalue weighted by Crippen LogP contribution is -2.18. The average Bonchev–Trinajstić information content (AvgIpc) is 3.01. The van der Waals surface area contributed by atoms with Crippen LogP contribution in [-0.4, -0.2) is 22.7 Å². The standard InChI is InChI=1S/C18H21N3O2S/c1-12(8-22-9-14-6-4-3-5-7-14)23-13(2)15-10-24-17-16(15)20-11-21-18(17)19/h3-7,10-13H,8-9H2,1-2H3,(H2,19,20,21). The Hall–Kier alpha value is -2.02. The van der Waals surface area contributed by atoms with E-state index in [0.717, 1.165) is 21.3 Å². The number of ether oxygens (including phenoxy) is 2. The van der Waals surface area contributed by atoms with E-state index in [4.69, 9.17) is 15.2 Å². The number of nitrogens with two attached hydrogens (primary N) is 1. The number of rotatable bonds is 7. The number of thiophene rings is 1. The molecule has 24 heavy (non-hydrogen) atoms. The first-order valence-electron chi connectivity index (χ1n) is 7.90. The van der Waals surface area contributed by atoms with Crippen LogP contribution in [0.15, 0.2) is 42.0 Å². The molecule has 1 aromatic carbocycles. The predicted octanol–water partition coefficient (Wildman–Crippen LogP) is 3.96. The largest absolute Gasteiger partial charge is 0.382 e. The monoisotopic (exact) mass is 343 g/mol. The van der Waals surface area contributed by atoms with Gasteiger partial charge >= 0.3 is 0 Å². The smallest absolute Gasteiger partial charge is 0.144 e. The number of hydrogen-bond acceptors (Lipinski definition) is 6. The third kappa shape index (κ3) is 3.90. The van der Waals surface area contributed by atoms with Crippen molar-refractivity contribution in [3.05, 3.63) is 53.2 Å². The highest BCUT2D eigenvalue weighted by Crippen LogP contribution is 2.33. The predicted molar refractivity (Wildman–Crippen MR) is 96.9 cm³/mol. The SMILES string of the molecule is CC(COCc1ccccc1)OC(C)c1csc2c(N)ncnc12. The molecule has 5 nitrogen and oxygen atoms in total. The number of fused-ring (bicyclic) bond motifs is 1. The van der Waals surface area contributed by atoms with Gasteiger partial charge in [0.05, 0.1) is 35.6 Å². The van der Waals surface area contributed by atoms with Crippen LogP contribution in [0.3, 0.4) is 0 Å². The molecule has 126 valence electrons. The quantitative estimate of drug-likeness (QED) is 0.703. The summed E-state index contributed by atoms with van der Waals surface area (Å²) in [5.41, 5.74) is 8.96. The third-order valence-electron chi connectivity index (χ3n) is 3.75. The molecule has 0 aliphatic carbocycles. The molecule has 0 amide bonds. The van der Waals surface area contributed by atoms with Gasteiger partial charge in [-0.1, -0.05) is 30.3 Å². The summed E-state index contributed by atoms with van der Waals surface area (Å²) < 4.78 is 12.7. The molecule has 2 N–H and O–H groups in total. The van der Waals surface area contributed by atoms with E-state index >= 15 is 0 Å². The molecular weight excluding hydrogens is 322 g/mol. The van der Waals surface area contributed by atoms with Crippen molar-refractivity contribution in [1.29, 1.82) is 0 Å². The van der Waals surface area contributed by atoms with E-state index in [2.05, 4.69) is 22.1 Å². The van der Waals surface area contributed by atoms with Gasteiger partial charge in [0.15, 0.2) is 0 Å². The highest BCUT2D eigenvalue weighted by Gasteiger charge is 2.17. The van der Waals surface area contributed by atoms with Gasteiger partial charge in [-0.25, -0.2) is 9.97 Å². The molecule has 0 aliphatic heterocycles. The molecule has 2 heterocycles. The van der Waals surface area contributed by atoms with Gasteiger partial charge in [-0.2, -0.15) is 0 Å². The fourth-order valence-electron chi connectivity index (χ4n) is 2.55. The Morgan fingerprint density at radius 2 is 1.96 bits per heavy atom. The van der Waals surface area contributed by atoms with Gasteiger partial charge < -0.3 is 15.2 Å². The van der Waals surface area contributed by atoms with Crippen LogP contribution in [0, 0.1) is 0 Å². The number of benzene rings is 1. The van der Waals surface area contributed by atoms with E-state index in [1.165, 1.54) is 6.33 Å². The lowest BCUT2D eigenvalue weighted by molar-refractivity contribution is -0.0460. The van der Waals surface area contributed by atoms with Crippen LogP contribution < -0.4 is 5.73 Å². The van der Waals surface area contributed by atoms with Gasteiger partial charge in [-0.3, -0.25) is 0 Å². The highest BCUT2D eigenvalue weighted by atomic mass is 32.1. The van der Waals surface area contributed by atoms with Crippen LogP contribution in [0.4, 0.5) is 5.82 Å². The normalized spacial score (nSPS) is 13.9. The second kappa shape index (κ2) is 7.70. The number of anilines is 1. The summed E-state index contributed by atoms with van der Waals surface area (Å²) in [7, 11) is 0. The lowest BCUT2D eigenvalue weighted by atomic mass is 10.2. The Kier molecular flexibility index (Phi) is 5.40. The van der Waals surface area contributed by atoms with Crippen molar-refractivity contribution in [2.24, 2.45) is 0 Å². The molecule has 0 radical (unpaired) electrons. The Balaban J connectivity index is 1.55. The maximum atomic E-state index is 6.06. The van der Waals surface area contributed by atoms with E-state index in [0.29, 0.717) is 19.0 Å². The Morgan fingerprint density at radius 3 is 2.75 bits per heavy atom. The molecule has 0 aliphatic rings. The summed E-state index contributed by atoms with van der Waals surface area (Å²) in [6, 6.07) is 10.1. The summed E-state index contributed by atoms with van der Waals surface area (Å²) in [5.74, 6) is 0.516. The molecule has 3 aromatic rings. The van der Waals surface area contributed by atoms with Crippen molar-refractivity contribution in [2.45, 2.75) is 32.7 Å². The van der Waals surface area contributed by atoms with E-state index in [1.54, 1.807) is 11.3 Å². The zero-order chi connectivity index (χ0) is 16.9. The van der Waals surface area contributed by atoms with Crippen molar-refractivity contribution in [3.8, 4) is 0 Å². The maximum Gasteiger partial charge on any atom is 0.144 e. The number of nitrogens with zero attached hydrogens (tertiary/aromatic N) is 2. The van der Waals surface area contributed by atoms with Crippen molar-refractivity contribution >= 4 is 27.4 Å². The number of nitrogen functional groups attached to an aromatic ring is 1. The molecule has 2 atom stereocenters. The molecule has 0 spiro atoms. The van der Waals surface area contributed by atoms with Crippen LogP contribution in [0.5, 0.6) is 0 Å². The van der Waals surface area contributed by atoms with Crippen LogP contribution in [0.25, 0.3) is 10.2 Å². The topological polar surface area (TPSA) is 70.3 Å². The summed E-state index contributed by atoms with van der Waals surface area (Å²) >= 11 is 1.55. The van der Waals surface area contributed by atoms with Gasteiger partial charge in [0.1, 0.15) is 12.1 Å². The fourth-order valence-corrected chi connectivity index (χ4v) is 3.56. The second-order valence-electron chi connectivity index (χ2n) is 5.72. The Bertz CT molecular complexity index is 791. The van der Waals surface area contributed by atoms with E-state index in [1.807, 2.05) is 37.4 Å². The van der Waals surface area contributed by atoms with Crippen molar-refractivity contribution in [2.75, 3.05) is 12.3 Å². The molecule has 6 heteroatoms. The zero-order valence-electron chi connectivity index (χ0n) is 13.8. The van der Waals surface area contributed by atoms with E-state index < -0.39 is 0 Å². The molecular formula is C18H21N3O2S. The van der Waals surface area contributed by atoms with Gasteiger partial charge in [0.2, 0.25) is 0 Å². The first-order valence-corrected chi connectivity index (χ1v) is 8.78. The molecule has 2 unspecified atom stereocenters. The first-order chi connectivity index (χ1) is 11.6. The minimum atomic E-state index is -0.0802. The third-order valence-corrected chi connectivity index (χ3v) is 4.76. The fraction of sp³-hybridized carbons (Fsp3) is 0.333. The highest BCUT2D eigenvalue weighted by molar-refractivity contribution is 7.17. The Morgan fingerprint density at radius 1 is 1.17 bits per heavy atom. The van der Waals surface area contributed by atoms with Crippen LogP contribution in [-0.2, 0) is 16.1 Å². The van der Waals surface area contributed by atoms with Gasteiger partial charge in [0.25, 0.3) is 0 Å². The number of hydrogen-bond donors (Lipinski definition) is 1. The van der Waals surface area contributed by atoms with Gasteiger partial charge in [0, 0.05) is 5.56 Å². The van der Waals surface area contributed by atoms with Crippen molar-refractivity contribution in [1.82, 2.24) is 9.97 Å². The van der Waals surface area contributed by atoms with Gasteiger partial charge in [-0.15, -0.1) is 11.3 Å². The number of aromatic nitrogens is 2. The molecule has 0 saturated heterocycles. The second-order valence-corrected chi connectivity index (χ2v) is 6.60. The summed E-state index contributed by atoms with van der Waals surface area (Å²) in [6.45, 7) is 5.17. The molecule has 2 aromatic heterocycles. The average molecular weight is 343 g/mol. The summed E-state index contributed by atoms with van der Waals surface area (Å²) in [4.78, 5) is 8.37. The zero-order valence-corrected chi connectivity index (χ0v) is 14.6. The van der Waals surface area contributed by atoms with Crippen LogP contribution in [0.1, 0.15) is 31.1 Å². The van der Waals surface area contributed by atoms with Crippen molar-refractivity contribution < 1.29 is 9.47 Å². The Labute approximate surface area is 145 Å². The van der Waals surface area contributed by atoms with Crippen LogP contribution >= 0.6 is 11.3 Å². The molecule has 0 saturated carbocycles. The maximum absolute atomic E-state index is 6.06. The molecule has 0 bridgehead atoms. The minimum Gasteiger partial charge on any atom is -0.382 e. The minimum absolute atomic E-state index is 0.0159. The summed E-state index contributed by atoms with van der Waals surface area (Å²) in [5, 5.41) is 2.04. The van der Waals surface area contributed by atoms with Gasteiger partial charge in [-0.05, 0) is 24.8 Å². The van der Waals surface area contributed by atoms with E-state index in [9.17, 15) is 0 Å². The molecule has 3 rings (SSSR count). The lowest BCUT2D eigenvalue weighted by Gasteiger charge is -2.19.